The third-order valence-corrected chi connectivity index (χ3v) is 2.74. The molecule has 100 valence electrons. The van der Waals surface area contributed by atoms with Crippen molar-refractivity contribution in [2.75, 3.05) is 5.73 Å². The number of benzene rings is 1. The molecule has 0 radical (unpaired) electrons. The lowest BCUT2D eigenvalue weighted by Crippen LogP contribution is -2.04. The Hall–Kier alpha value is -2.21. The maximum atomic E-state index is 11.2. The van der Waals surface area contributed by atoms with Crippen molar-refractivity contribution in [3.05, 3.63) is 34.5 Å². The summed E-state index contributed by atoms with van der Waals surface area (Å²) in [6, 6.07) is 4.41. The van der Waals surface area contributed by atoms with Gasteiger partial charge in [0.05, 0.1) is 10.7 Å². The summed E-state index contributed by atoms with van der Waals surface area (Å²) in [5, 5.41) is 13.4. The highest BCUT2D eigenvalue weighted by Crippen LogP contribution is 2.35. The van der Waals surface area contributed by atoms with Gasteiger partial charge in [-0.1, -0.05) is 11.6 Å². The zero-order valence-corrected chi connectivity index (χ0v) is 11.1. The maximum Gasteiger partial charge on any atom is 0.339 e. The van der Waals surface area contributed by atoms with Crippen LogP contribution in [0.3, 0.4) is 0 Å². The second-order valence-electron chi connectivity index (χ2n) is 4.03. The van der Waals surface area contributed by atoms with Crippen LogP contribution in [0.1, 0.15) is 16.1 Å². The fourth-order valence-corrected chi connectivity index (χ4v) is 1.93. The van der Waals surface area contributed by atoms with Gasteiger partial charge in [0.1, 0.15) is 5.56 Å². The second kappa shape index (κ2) is 4.81. The fourth-order valence-electron chi connectivity index (χ4n) is 1.66. The van der Waals surface area contributed by atoms with E-state index in [1.807, 2.05) is 0 Å². The lowest BCUT2D eigenvalue weighted by Gasteiger charge is -2.11. The molecule has 0 aliphatic heterocycles. The molecule has 0 atom stereocenters. The zero-order chi connectivity index (χ0) is 14.2. The number of halogens is 1. The number of rotatable bonds is 3. The highest BCUT2D eigenvalue weighted by molar-refractivity contribution is 6.33. The molecule has 0 saturated carbocycles. The summed E-state index contributed by atoms with van der Waals surface area (Å²) in [5.41, 5.74) is 6.49. The van der Waals surface area contributed by atoms with Gasteiger partial charge in [0, 0.05) is 18.8 Å². The van der Waals surface area contributed by atoms with E-state index in [4.69, 9.17) is 27.2 Å². The van der Waals surface area contributed by atoms with Gasteiger partial charge in [0.2, 0.25) is 5.88 Å². The first kappa shape index (κ1) is 13.2. The smallest absolute Gasteiger partial charge is 0.339 e. The first-order chi connectivity index (χ1) is 8.88. The predicted octanol–water partition coefficient (Wildman–Crippen LogP) is 2.45. The lowest BCUT2D eigenvalue weighted by molar-refractivity contribution is 0.0694. The SMILES string of the molecule is Cc1cc(Oc2c(Cl)cc(N)cc2C(=O)O)n(C)n1. The molecule has 0 aliphatic carbocycles. The lowest BCUT2D eigenvalue weighted by atomic mass is 10.2. The minimum absolute atomic E-state index is 0.0476. The van der Waals surface area contributed by atoms with Crippen molar-refractivity contribution in [3.8, 4) is 11.6 Å². The van der Waals surface area contributed by atoms with Crippen molar-refractivity contribution in [2.45, 2.75) is 6.92 Å². The van der Waals surface area contributed by atoms with E-state index in [9.17, 15) is 4.79 Å². The number of aryl methyl sites for hydroxylation is 2. The topological polar surface area (TPSA) is 90.4 Å². The maximum absolute atomic E-state index is 11.2. The molecular formula is C12H12ClN3O3. The highest BCUT2D eigenvalue weighted by Gasteiger charge is 2.18. The summed E-state index contributed by atoms with van der Waals surface area (Å²) >= 11 is 5.99. The van der Waals surface area contributed by atoms with Gasteiger partial charge in [0.25, 0.3) is 0 Å². The van der Waals surface area contributed by atoms with Gasteiger partial charge >= 0.3 is 5.97 Å². The van der Waals surface area contributed by atoms with E-state index in [0.717, 1.165) is 5.69 Å². The van der Waals surface area contributed by atoms with Crippen molar-refractivity contribution in [1.29, 1.82) is 0 Å². The zero-order valence-electron chi connectivity index (χ0n) is 10.3. The number of aromatic nitrogens is 2. The summed E-state index contributed by atoms with van der Waals surface area (Å²) in [6.07, 6.45) is 0. The molecule has 1 aromatic heterocycles. The van der Waals surface area contributed by atoms with Gasteiger partial charge < -0.3 is 15.6 Å². The summed E-state index contributed by atoms with van der Waals surface area (Å²) in [6.45, 7) is 1.80. The van der Waals surface area contributed by atoms with E-state index in [-0.39, 0.29) is 22.0 Å². The van der Waals surface area contributed by atoms with E-state index in [1.165, 1.54) is 16.8 Å². The summed E-state index contributed by atoms with van der Waals surface area (Å²) in [4.78, 5) is 11.2. The average molecular weight is 282 g/mol. The van der Waals surface area contributed by atoms with E-state index in [0.29, 0.717) is 5.88 Å². The molecule has 19 heavy (non-hydrogen) atoms. The number of carbonyl (C=O) groups is 1. The molecule has 7 heteroatoms. The first-order valence-electron chi connectivity index (χ1n) is 5.39. The van der Waals surface area contributed by atoms with Gasteiger partial charge in [-0.2, -0.15) is 5.10 Å². The Morgan fingerprint density at radius 3 is 2.68 bits per heavy atom. The quantitative estimate of drug-likeness (QED) is 0.843. The molecule has 0 bridgehead atoms. The monoisotopic (exact) mass is 281 g/mol. The average Bonchev–Trinajstić information content (AvgIpc) is 2.60. The number of nitrogens with two attached hydrogens (primary N) is 1. The third-order valence-electron chi connectivity index (χ3n) is 2.46. The predicted molar refractivity (Wildman–Crippen MR) is 70.8 cm³/mol. The minimum atomic E-state index is -1.16. The Morgan fingerprint density at radius 2 is 2.16 bits per heavy atom. The van der Waals surface area contributed by atoms with Crippen molar-refractivity contribution >= 4 is 23.3 Å². The summed E-state index contributed by atoms with van der Waals surface area (Å²) in [5.74, 6) is -0.721. The van der Waals surface area contributed by atoms with Crippen LogP contribution in [0.4, 0.5) is 5.69 Å². The summed E-state index contributed by atoms with van der Waals surface area (Å²) in [7, 11) is 1.69. The number of hydrogen-bond acceptors (Lipinski definition) is 4. The fraction of sp³-hybridized carbons (Fsp3) is 0.167. The molecule has 1 aromatic carbocycles. The Balaban J connectivity index is 2.50. The van der Waals surface area contributed by atoms with Crippen LogP contribution in [0.25, 0.3) is 0 Å². The molecular weight excluding hydrogens is 270 g/mol. The third kappa shape index (κ3) is 2.63. The van der Waals surface area contributed by atoms with Crippen LogP contribution in [-0.4, -0.2) is 20.9 Å². The van der Waals surface area contributed by atoms with Crippen LogP contribution in [0.5, 0.6) is 11.6 Å². The van der Waals surface area contributed by atoms with E-state index in [2.05, 4.69) is 5.10 Å². The van der Waals surface area contributed by atoms with E-state index in [1.54, 1.807) is 20.0 Å². The molecule has 0 amide bonds. The number of hydrogen-bond donors (Lipinski definition) is 2. The molecule has 0 saturated heterocycles. The Labute approximate surface area is 114 Å². The Kier molecular flexibility index (Phi) is 3.35. The largest absolute Gasteiger partial charge is 0.478 e. The van der Waals surface area contributed by atoms with Gasteiger partial charge in [-0.15, -0.1) is 0 Å². The number of aromatic carboxylic acids is 1. The molecule has 0 spiro atoms. The number of anilines is 1. The van der Waals surface area contributed by atoms with Crippen LogP contribution in [-0.2, 0) is 7.05 Å². The number of carboxylic acid groups (broad SMARTS) is 1. The van der Waals surface area contributed by atoms with Crippen LogP contribution >= 0.6 is 11.6 Å². The molecule has 2 aromatic rings. The van der Waals surface area contributed by atoms with E-state index < -0.39 is 5.97 Å². The highest BCUT2D eigenvalue weighted by atomic mass is 35.5. The van der Waals surface area contributed by atoms with Gasteiger partial charge in [-0.05, 0) is 19.1 Å². The second-order valence-corrected chi connectivity index (χ2v) is 4.44. The van der Waals surface area contributed by atoms with Crippen LogP contribution < -0.4 is 10.5 Å². The number of ether oxygens (including phenoxy) is 1. The standard InChI is InChI=1S/C12H12ClN3O3/c1-6-3-10(16(2)15-6)19-11-8(12(17)18)4-7(14)5-9(11)13/h3-5H,14H2,1-2H3,(H,17,18). The van der Waals surface area contributed by atoms with Crippen molar-refractivity contribution in [3.63, 3.8) is 0 Å². The van der Waals surface area contributed by atoms with Crippen molar-refractivity contribution < 1.29 is 14.6 Å². The molecule has 0 aliphatic rings. The number of carboxylic acids is 1. The van der Waals surface area contributed by atoms with Crippen LogP contribution in [0, 0.1) is 6.92 Å². The molecule has 0 fully saturated rings. The van der Waals surface area contributed by atoms with Gasteiger partial charge in [0.15, 0.2) is 5.75 Å². The van der Waals surface area contributed by atoms with Crippen LogP contribution in [0.15, 0.2) is 18.2 Å². The Bertz CT molecular complexity index is 652. The van der Waals surface area contributed by atoms with Crippen molar-refractivity contribution in [1.82, 2.24) is 9.78 Å². The minimum Gasteiger partial charge on any atom is -0.478 e. The normalized spacial score (nSPS) is 10.5. The first-order valence-corrected chi connectivity index (χ1v) is 5.77. The van der Waals surface area contributed by atoms with E-state index >= 15 is 0 Å². The van der Waals surface area contributed by atoms with Crippen molar-refractivity contribution in [2.24, 2.45) is 7.05 Å². The molecule has 1 heterocycles. The van der Waals surface area contributed by atoms with Gasteiger partial charge in [-0.25, -0.2) is 9.48 Å². The Morgan fingerprint density at radius 1 is 1.47 bits per heavy atom. The molecule has 2 rings (SSSR count). The van der Waals surface area contributed by atoms with Gasteiger partial charge in [-0.3, -0.25) is 0 Å². The molecule has 6 nitrogen and oxygen atoms in total. The number of nitrogen functional groups attached to an aromatic ring is 1. The molecule has 0 unspecified atom stereocenters. The molecule has 3 N–H and O–H groups in total. The number of nitrogens with zero attached hydrogens (tertiary/aromatic N) is 2. The van der Waals surface area contributed by atoms with Crippen LogP contribution in [0.2, 0.25) is 5.02 Å². The summed E-state index contributed by atoms with van der Waals surface area (Å²) < 4.78 is 7.03.